The molecule has 1 aromatic heterocycles. The molecule has 2 aromatic rings. The zero-order valence-electron chi connectivity index (χ0n) is 13.9. The third-order valence-corrected chi connectivity index (χ3v) is 5.35. The highest BCUT2D eigenvalue weighted by atomic mass is 32.2. The van der Waals surface area contributed by atoms with Crippen LogP contribution in [0.25, 0.3) is 11.4 Å². The normalized spacial score (nSPS) is 16.2. The summed E-state index contributed by atoms with van der Waals surface area (Å²) in [6.45, 7) is 1.73. The van der Waals surface area contributed by atoms with Gasteiger partial charge in [-0.15, -0.1) is 0 Å². The van der Waals surface area contributed by atoms with Gasteiger partial charge in [-0.25, -0.2) is 14.8 Å². The Morgan fingerprint density at radius 1 is 1.20 bits per heavy atom. The second-order valence-corrected chi connectivity index (χ2v) is 7.24. The van der Waals surface area contributed by atoms with Crippen molar-refractivity contribution in [2.45, 2.75) is 25.3 Å². The van der Waals surface area contributed by atoms with E-state index in [1.54, 1.807) is 18.7 Å². The number of thioether (sulfide) groups is 1. The topological polar surface area (TPSA) is 92.2 Å². The minimum Gasteiger partial charge on any atom is -0.480 e. The molecule has 0 saturated carbocycles. The number of carboxylic acid groups (broad SMARTS) is 1. The van der Waals surface area contributed by atoms with Crippen LogP contribution in [0.5, 0.6) is 0 Å². The number of carbonyl (C=O) groups excluding carboxylic acids is 1. The van der Waals surface area contributed by atoms with Crippen LogP contribution in [0.15, 0.2) is 36.5 Å². The SMILES string of the molecule is Cc1nc(-c2ccccc2)ncc1C(=O)NC1(C(=O)O)CCSCC1. The highest BCUT2D eigenvalue weighted by Gasteiger charge is 2.41. The fourth-order valence-electron chi connectivity index (χ4n) is 2.81. The number of nitrogens with zero attached hydrogens (tertiary/aromatic N) is 2. The van der Waals surface area contributed by atoms with Crippen LogP contribution < -0.4 is 5.32 Å². The zero-order chi connectivity index (χ0) is 17.9. The van der Waals surface area contributed by atoms with Gasteiger partial charge in [0.15, 0.2) is 5.82 Å². The second-order valence-electron chi connectivity index (χ2n) is 6.01. The average molecular weight is 357 g/mol. The van der Waals surface area contributed by atoms with E-state index in [1.165, 1.54) is 6.20 Å². The molecule has 6 nitrogen and oxygen atoms in total. The van der Waals surface area contributed by atoms with Crippen molar-refractivity contribution in [3.05, 3.63) is 47.8 Å². The molecule has 7 heteroatoms. The Morgan fingerprint density at radius 2 is 1.88 bits per heavy atom. The first-order valence-electron chi connectivity index (χ1n) is 8.04. The third-order valence-electron chi connectivity index (χ3n) is 4.36. The molecule has 25 heavy (non-hydrogen) atoms. The number of nitrogens with one attached hydrogen (secondary N) is 1. The monoisotopic (exact) mass is 357 g/mol. The Hall–Kier alpha value is -2.41. The van der Waals surface area contributed by atoms with Crippen LogP contribution >= 0.6 is 11.8 Å². The lowest BCUT2D eigenvalue weighted by atomic mass is 9.92. The van der Waals surface area contributed by atoms with E-state index in [0.29, 0.717) is 29.9 Å². The number of hydrogen-bond donors (Lipinski definition) is 2. The summed E-state index contributed by atoms with van der Waals surface area (Å²) in [5.74, 6) is 0.549. The first kappa shape index (κ1) is 17.4. The first-order valence-corrected chi connectivity index (χ1v) is 9.20. The molecule has 0 unspecified atom stereocenters. The minimum atomic E-state index is -1.20. The van der Waals surface area contributed by atoms with Crippen molar-refractivity contribution in [2.24, 2.45) is 0 Å². The number of benzene rings is 1. The van der Waals surface area contributed by atoms with Crippen molar-refractivity contribution < 1.29 is 14.7 Å². The standard InChI is InChI=1S/C18H19N3O3S/c1-12-14(11-19-15(20-12)13-5-3-2-4-6-13)16(22)21-18(17(23)24)7-9-25-10-8-18/h2-6,11H,7-10H2,1H3,(H,21,22)(H,23,24). The van der Waals surface area contributed by atoms with Crippen LogP contribution in [0.2, 0.25) is 0 Å². The molecule has 1 aliphatic heterocycles. The second kappa shape index (κ2) is 7.23. The lowest BCUT2D eigenvalue weighted by Crippen LogP contribution is -2.56. The summed E-state index contributed by atoms with van der Waals surface area (Å²) in [6.07, 6.45) is 2.30. The summed E-state index contributed by atoms with van der Waals surface area (Å²) in [7, 11) is 0. The van der Waals surface area contributed by atoms with Crippen molar-refractivity contribution >= 4 is 23.6 Å². The maximum atomic E-state index is 12.6. The molecule has 130 valence electrons. The third kappa shape index (κ3) is 3.66. The van der Waals surface area contributed by atoms with E-state index in [1.807, 2.05) is 30.3 Å². The van der Waals surface area contributed by atoms with E-state index in [2.05, 4.69) is 15.3 Å². The highest BCUT2D eigenvalue weighted by Crippen LogP contribution is 2.28. The van der Waals surface area contributed by atoms with Crippen molar-refractivity contribution in [3.63, 3.8) is 0 Å². The van der Waals surface area contributed by atoms with E-state index in [0.717, 1.165) is 17.1 Å². The number of aliphatic carboxylic acids is 1. The van der Waals surface area contributed by atoms with Crippen LogP contribution in [0.1, 0.15) is 28.9 Å². The number of carboxylic acids is 1. The minimum absolute atomic E-state index is 0.304. The van der Waals surface area contributed by atoms with E-state index in [-0.39, 0.29) is 0 Å². The number of hydrogen-bond acceptors (Lipinski definition) is 5. The molecule has 3 rings (SSSR count). The van der Waals surface area contributed by atoms with E-state index < -0.39 is 17.4 Å². The molecule has 1 fully saturated rings. The van der Waals surface area contributed by atoms with Gasteiger partial charge < -0.3 is 10.4 Å². The van der Waals surface area contributed by atoms with Gasteiger partial charge in [-0.2, -0.15) is 11.8 Å². The first-order chi connectivity index (χ1) is 12.0. The molecular weight excluding hydrogens is 338 g/mol. The van der Waals surface area contributed by atoms with Gasteiger partial charge in [0.1, 0.15) is 5.54 Å². The fourth-order valence-corrected chi connectivity index (χ4v) is 4.00. The number of aromatic nitrogens is 2. The molecule has 0 aliphatic carbocycles. The summed E-state index contributed by atoms with van der Waals surface area (Å²) in [5.41, 5.74) is 0.492. The molecule has 1 aliphatic rings. The van der Waals surface area contributed by atoms with Crippen molar-refractivity contribution in [2.75, 3.05) is 11.5 Å². The highest BCUT2D eigenvalue weighted by molar-refractivity contribution is 7.99. The van der Waals surface area contributed by atoms with E-state index >= 15 is 0 Å². The molecule has 0 atom stereocenters. The van der Waals surface area contributed by atoms with E-state index in [4.69, 9.17) is 0 Å². The lowest BCUT2D eigenvalue weighted by molar-refractivity contribution is -0.144. The Labute approximate surface area is 150 Å². The zero-order valence-corrected chi connectivity index (χ0v) is 14.7. The van der Waals surface area contributed by atoms with Crippen LogP contribution in [0.3, 0.4) is 0 Å². The van der Waals surface area contributed by atoms with Crippen LogP contribution in [-0.4, -0.2) is 44.0 Å². The average Bonchev–Trinajstić information content (AvgIpc) is 2.63. The molecule has 0 bridgehead atoms. The van der Waals surface area contributed by atoms with Crippen LogP contribution in [-0.2, 0) is 4.79 Å². The van der Waals surface area contributed by atoms with Gasteiger partial charge in [-0.1, -0.05) is 30.3 Å². The Balaban J connectivity index is 1.84. The number of carbonyl (C=O) groups is 2. The number of amides is 1. The summed E-state index contributed by atoms with van der Waals surface area (Å²) < 4.78 is 0. The summed E-state index contributed by atoms with van der Waals surface area (Å²) in [6, 6.07) is 9.49. The van der Waals surface area contributed by atoms with Gasteiger partial charge in [0.25, 0.3) is 5.91 Å². The maximum Gasteiger partial charge on any atom is 0.329 e. The molecule has 0 spiro atoms. The van der Waals surface area contributed by atoms with Gasteiger partial charge in [0.05, 0.1) is 11.3 Å². The molecule has 0 radical (unpaired) electrons. The Morgan fingerprint density at radius 3 is 2.48 bits per heavy atom. The van der Waals surface area contributed by atoms with Gasteiger partial charge in [0, 0.05) is 11.8 Å². The maximum absolute atomic E-state index is 12.6. The van der Waals surface area contributed by atoms with Gasteiger partial charge >= 0.3 is 5.97 Å². The van der Waals surface area contributed by atoms with E-state index in [9.17, 15) is 14.7 Å². The number of rotatable bonds is 4. The smallest absolute Gasteiger partial charge is 0.329 e. The number of aryl methyl sites for hydroxylation is 1. The quantitative estimate of drug-likeness (QED) is 0.874. The summed E-state index contributed by atoms with van der Waals surface area (Å²) in [4.78, 5) is 33.0. The Kier molecular flexibility index (Phi) is 5.03. The Bertz CT molecular complexity index is 789. The molecule has 2 N–H and O–H groups in total. The summed E-state index contributed by atoms with van der Waals surface area (Å²) >= 11 is 1.70. The molecular formula is C18H19N3O3S. The summed E-state index contributed by atoms with van der Waals surface area (Å²) in [5, 5.41) is 12.3. The van der Waals surface area contributed by atoms with Crippen LogP contribution in [0, 0.1) is 6.92 Å². The van der Waals surface area contributed by atoms with Crippen LogP contribution in [0.4, 0.5) is 0 Å². The van der Waals surface area contributed by atoms with Gasteiger partial charge in [-0.3, -0.25) is 4.79 Å². The fraction of sp³-hybridized carbons (Fsp3) is 0.333. The lowest BCUT2D eigenvalue weighted by Gasteiger charge is -2.33. The molecule has 1 saturated heterocycles. The van der Waals surface area contributed by atoms with Crippen molar-refractivity contribution in [3.8, 4) is 11.4 Å². The van der Waals surface area contributed by atoms with Crippen molar-refractivity contribution in [1.82, 2.24) is 15.3 Å². The van der Waals surface area contributed by atoms with Gasteiger partial charge in [0.2, 0.25) is 0 Å². The predicted octanol–water partition coefficient (Wildman–Crippen LogP) is 2.53. The van der Waals surface area contributed by atoms with Gasteiger partial charge in [-0.05, 0) is 31.3 Å². The van der Waals surface area contributed by atoms with Crippen molar-refractivity contribution in [1.29, 1.82) is 0 Å². The largest absolute Gasteiger partial charge is 0.480 e. The predicted molar refractivity (Wildman–Crippen MR) is 96.6 cm³/mol. The molecule has 1 amide bonds. The molecule has 1 aromatic carbocycles. The molecule has 2 heterocycles.